The molecule has 1 aromatic heterocycles. The Hall–Kier alpha value is -1.77. The number of hydrogen-bond donors (Lipinski definition) is 2. The number of nitrogens with zero attached hydrogens (tertiary/aromatic N) is 1. The highest BCUT2D eigenvalue weighted by Crippen LogP contribution is 2.40. The zero-order valence-electron chi connectivity index (χ0n) is 13.5. The van der Waals surface area contributed by atoms with Gasteiger partial charge in [0.05, 0.1) is 10.6 Å². The van der Waals surface area contributed by atoms with Crippen molar-refractivity contribution in [1.29, 1.82) is 0 Å². The van der Waals surface area contributed by atoms with Gasteiger partial charge in [0.15, 0.2) is 5.13 Å². The molecule has 1 aliphatic rings. The van der Waals surface area contributed by atoms with Gasteiger partial charge >= 0.3 is 0 Å². The summed E-state index contributed by atoms with van der Waals surface area (Å²) in [4.78, 5) is 17.0. The molecule has 0 saturated heterocycles. The Morgan fingerprint density at radius 1 is 1.38 bits per heavy atom. The fourth-order valence-electron chi connectivity index (χ4n) is 2.36. The van der Waals surface area contributed by atoms with E-state index >= 15 is 0 Å². The minimum absolute atomic E-state index is 0.0814. The van der Waals surface area contributed by atoms with Gasteiger partial charge in [0.2, 0.25) is 10.0 Å². The van der Waals surface area contributed by atoms with Crippen LogP contribution >= 0.6 is 11.3 Å². The summed E-state index contributed by atoms with van der Waals surface area (Å²) in [6, 6.07) is 4.54. The predicted molar refractivity (Wildman–Crippen MR) is 94.1 cm³/mol. The Morgan fingerprint density at radius 3 is 2.79 bits per heavy atom. The van der Waals surface area contributed by atoms with E-state index in [9.17, 15) is 13.2 Å². The molecule has 0 radical (unpaired) electrons. The smallest absolute Gasteiger partial charge is 0.257 e. The van der Waals surface area contributed by atoms with E-state index in [2.05, 4.69) is 15.0 Å². The first-order valence-corrected chi connectivity index (χ1v) is 10.1. The number of aromatic nitrogens is 1. The van der Waals surface area contributed by atoms with Crippen LogP contribution in [0.15, 0.2) is 28.5 Å². The first-order chi connectivity index (χ1) is 11.4. The minimum atomic E-state index is -3.60. The maximum absolute atomic E-state index is 12.5. The highest BCUT2D eigenvalue weighted by atomic mass is 32.2. The van der Waals surface area contributed by atoms with Gasteiger partial charge in [-0.3, -0.25) is 10.1 Å². The maximum Gasteiger partial charge on any atom is 0.257 e. The number of amides is 1. The van der Waals surface area contributed by atoms with Crippen molar-refractivity contribution in [2.45, 2.75) is 37.5 Å². The molecule has 3 rings (SSSR count). The van der Waals surface area contributed by atoms with Crippen molar-refractivity contribution < 1.29 is 13.2 Å². The van der Waals surface area contributed by atoms with Crippen LogP contribution in [0.25, 0.3) is 0 Å². The summed E-state index contributed by atoms with van der Waals surface area (Å²) < 4.78 is 26.6. The standard InChI is InChI=1S/C16H19N3O3S2/c1-3-17-24(21,22)12-7-4-10(2)13(8-12)15(20)19-16-18-14(9-23-16)11-5-6-11/h4,7-9,11,17H,3,5-6H2,1-2H3,(H,18,19,20). The maximum atomic E-state index is 12.5. The summed E-state index contributed by atoms with van der Waals surface area (Å²) in [7, 11) is -3.60. The molecule has 0 unspecified atom stereocenters. The Morgan fingerprint density at radius 2 is 2.12 bits per heavy atom. The molecule has 8 heteroatoms. The number of hydrogen-bond acceptors (Lipinski definition) is 5. The summed E-state index contributed by atoms with van der Waals surface area (Å²) in [5.41, 5.74) is 2.06. The first-order valence-electron chi connectivity index (χ1n) is 7.78. The second-order valence-corrected chi connectivity index (χ2v) is 8.41. The predicted octanol–water partition coefficient (Wildman–Crippen LogP) is 2.88. The van der Waals surface area contributed by atoms with Crippen LogP contribution in [0.2, 0.25) is 0 Å². The molecule has 1 aliphatic carbocycles. The zero-order chi connectivity index (χ0) is 17.3. The van der Waals surface area contributed by atoms with Crippen molar-refractivity contribution in [1.82, 2.24) is 9.71 Å². The topological polar surface area (TPSA) is 88.2 Å². The molecule has 1 fully saturated rings. The zero-order valence-corrected chi connectivity index (χ0v) is 15.1. The van der Waals surface area contributed by atoms with Gasteiger partial charge in [-0.2, -0.15) is 0 Å². The van der Waals surface area contributed by atoms with Gasteiger partial charge in [-0.05, 0) is 37.5 Å². The number of sulfonamides is 1. The van der Waals surface area contributed by atoms with Crippen molar-refractivity contribution in [3.63, 3.8) is 0 Å². The van der Waals surface area contributed by atoms with Crippen LogP contribution in [0.1, 0.15) is 47.3 Å². The third-order valence-corrected chi connectivity index (χ3v) is 6.16. The molecule has 1 amide bonds. The van der Waals surface area contributed by atoms with Gasteiger partial charge in [0.25, 0.3) is 5.91 Å². The second kappa shape index (κ2) is 6.62. The van der Waals surface area contributed by atoms with Crippen molar-refractivity contribution in [3.05, 3.63) is 40.4 Å². The summed E-state index contributed by atoms with van der Waals surface area (Å²) in [5.74, 6) is 0.181. The highest BCUT2D eigenvalue weighted by Gasteiger charge is 2.26. The number of nitrogens with one attached hydrogen (secondary N) is 2. The number of aryl methyl sites for hydroxylation is 1. The van der Waals surface area contributed by atoms with E-state index in [1.807, 2.05) is 5.38 Å². The average Bonchev–Trinajstić information content (AvgIpc) is 3.27. The Balaban J connectivity index is 1.82. The van der Waals surface area contributed by atoms with E-state index in [0.29, 0.717) is 28.7 Å². The number of carbonyl (C=O) groups is 1. The van der Waals surface area contributed by atoms with Gasteiger partial charge in [-0.25, -0.2) is 18.1 Å². The van der Waals surface area contributed by atoms with Crippen LogP contribution in [-0.2, 0) is 10.0 Å². The SMILES string of the molecule is CCNS(=O)(=O)c1ccc(C)c(C(=O)Nc2nc(C3CC3)cs2)c1. The molecule has 6 nitrogen and oxygen atoms in total. The quantitative estimate of drug-likeness (QED) is 0.824. The van der Waals surface area contributed by atoms with Crippen LogP contribution in [0.5, 0.6) is 0 Å². The van der Waals surface area contributed by atoms with Crippen LogP contribution in [0.3, 0.4) is 0 Å². The molecule has 24 heavy (non-hydrogen) atoms. The van der Waals surface area contributed by atoms with E-state index in [1.165, 1.54) is 23.5 Å². The second-order valence-electron chi connectivity index (χ2n) is 5.78. The van der Waals surface area contributed by atoms with Gasteiger partial charge in [-0.15, -0.1) is 11.3 Å². The molecule has 1 heterocycles. The molecular formula is C16H19N3O3S2. The number of carbonyl (C=O) groups excluding carboxylic acids is 1. The summed E-state index contributed by atoms with van der Waals surface area (Å²) in [6.45, 7) is 3.77. The van der Waals surface area contributed by atoms with Crippen LogP contribution in [-0.4, -0.2) is 25.9 Å². The van der Waals surface area contributed by atoms with E-state index in [0.717, 1.165) is 18.5 Å². The van der Waals surface area contributed by atoms with E-state index in [4.69, 9.17) is 0 Å². The molecule has 0 atom stereocenters. The van der Waals surface area contributed by atoms with E-state index in [1.54, 1.807) is 19.9 Å². The van der Waals surface area contributed by atoms with Gasteiger partial charge < -0.3 is 0 Å². The first kappa shape index (κ1) is 17.1. The van der Waals surface area contributed by atoms with Crippen molar-refractivity contribution >= 4 is 32.4 Å². The third kappa shape index (κ3) is 3.66. The fraction of sp³-hybridized carbons (Fsp3) is 0.375. The van der Waals surface area contributed by atoms with Gasteiger partial charge in [-0.1, -0.05) is 13.0 Å². The number of rotatable bonds is 6. The Labute approximate surface area is 145 Å². The third-order valence-electron chi connectivity index (χ3n) is 3.84. The van der Waals surface area contributed by atoms with Crippen LogP contribution in [0.4, 0.5) is 5.13 Å². The number of anilines is 1. The lowest BCUT2D eigenvalue weighted by Gasteiger charge is -2.09. The average molecular weight is 365 g/mol. The van der Waals surface area contributed by atoms with Crippen molar-refractivity contribution in [3.8, 4) is 0 Å². The lowest BCUT2D eigenvalue weighted by molar-refractivity contribution is 0.102. The van der Waals surface area contributed by atoms with Crippen molar-refractivity contribution in [2.24, 2.45) is 0 Å². The summed E-state index contributed by atoms with van der Waals surface area (Å²) in [6.07, 6.45) is 2.31. The Kier molecular flexibility index (Phi) is 4.71. The van der Waals surface area contributed by atoms with E-state index < -0.39 is 10.0 Å². The molecule has 0 spiro atoms. The molecule has 1 aromatic carbocycles. The molecular weight excluding hydrogens is 346 g/mol. The molecule has 2 aromatic rings. The number of thiazole rings is 1. The van der Waals surface area contributed by atoms with Crippen LogP contribution in [0, 0.1) is 6.92 Å². The lowest BCUT2D eigenvalue weighted by Crippen LogP contribution is -2.24. The molecule has 0 aliphatic heterocycles. The largest absolute Gasteiger partial charge is 0.298 e. The van der Waals surface area contributed by atoms with Gasteiger partial charge in [0, 0.05) is 23.4 Å². The Bertz CT molecular complexity index is 870. The summed E-state index contributed by atoms with van der Waals surface area (Å²) >= 11 is 1.39. The normalized spacial score (nSPS) is 14.6. The molecule has 2 N–H and O–H groups in total. The van der Waals surface area contributed by atoms with Crippen LogP contribution < -0.4 is 10.0 Å². The minimum Gasteiger partial charge on any atom is -0.298 e. The molecule has 1 saturated carbocycles. The fourth-order valence-corrected chi connectivity index (χ4v) is 4.22. The van der Waals surface area contributed by atoms with Crippen molar-refractivity contribution in [2.75, 3.05) is 11.9 Å². The molecule has 0 bridgehead atoms. The lowest BCUT2D eigenvalue weighted by atomic mass is 10.1. The summed E-state index contributed by atoms with van der Waals surface area (Å²) in [5, 5.41) is 5.27. The van der Waals surface area contributed by atoms with Gasteiger partial charge in [0.1, 0.15) is 0 Å². The molecule has 128 valence electrons. The monoisotopic (exact) mass is 365 g/mol. The number of benzene rings is 1. The van der Waals surface area contributed by atoms with E-state index in [-0.39, 0.29) is 10.8 Å². The highest BCUT2D eigenvalue weighted by molar-refractivity contribution is 7.89.